The van der Waals surface area contributed by atoms with E-state index in [0.29, 0.717) is 11.3 Å². The lowest BCUT2D eigenvalue weighted by molar-refractivity contribution is -0.385. The highest BCUT2D eigenvalue weighted by Crippen LogP contribution is 2.21. The number of rotatable bonds is 5. The van der Waals surface area contributed by atoms with Crippen molar-refractivity contribution in [3.05, 3.63) is 69.8 Å². The first-order chi connectivity index (χ1) is 10.1. The summed E-state index contributed by atoms with van der Waals surface area (Å²) >= 11 is 0. The maximum absolute atomic E-state index is 12.0. The van der Waals surface area contributed by atoms with Crippen LogP contribution >= 0.6 is 0 Å². The second-order valence-corrected chi connectivity index (χ2v) is 4.16. The Hall–Kier alpha value is -2.89. The van der Waals surface area contributed by atoms with Gasteiger partial charge in [-0.15, -0.1) is 0 Å². The lowest BCUT2D eigenvalue weighted by Gasteiger charge is -2.09. The topological polar surface area (TPSA) is 78.7 Å². The highest BCUT2D eigenvalue weighted by molar-refractivity contribution is 5.93. The molecule has 0 radical (unpaired) electrons. The molecule has 0 N–H and O–H groups in total. The Morgan fingerprint density at radius 1 is 1.14 bits per heavy atom. The molecule has 0 aliphatic carbocycles. The van der Waals surface area contributed by atoms with Crippen molar-refractivity contribution in [2.24, 2.45) is 0 Å². The summed E-state index contributed by atoms with van der Waals surface area (Å²) in [6.07, 6.45) is 0. The number of carbonyl (C=O) groups is 1. The Bertz CT molecular complexity index is 669. The zero-order valence-electron chi connectivity index (χ0n) is 11.3. The van der Waals surface area contributed by atoms with E-state index in [1.54, 1.807) is 30.3 Å². The molecular weight excluding hydrogens is 274 g/mol. The maximum Gasteiger partial charge on any atom is 0.345 e. The summed E-state index contributed by atoms with van der Waals surface area (Å²) in [5, 5.41) is 10.9. The van der Waals surface area contributed by atoms with Gasteiger partial charge in [-0.05, 0) is 12.1 Å². The van der Waals surface area contributed by atoms with Gasteiger partial charge in [0.1, 0.15) is 17.9 Å². The molecule has 0 aliphatic heterocycles. The normalized spacial score (nSPS) is 9.95. The third kappa shape index (κ3) is 3.36. The summed E-state index contributed by atoms with van der Waals surface area (Å²) in [5.74, 6) is -0.152. The Morgan fingerprint density at radius 2 is 1.81 bits per heavy atom. The van der Waals surface area contributed by atoms with Gasteiger partial charge in [0.25, 0.3) is 5.69 Å². The first-order valence-electron chi connectivity index (χ1n) is 6.16. The molecule has 0 fully saturated rings. The van der Waals surface area contributed by atoms with Gasteiger partial charge in [-0.1, -0.05) is 30.3 Å². The average molecular weight is 287 g/mol. The Balaban J connectivity index is 2.14. The number of benzene rings is 2. The van der Waals surface area contributed by atoms with Crippen LogP contribution in [0.5, 0.6) is 5.75 Å². The smallest absolute Gasteiger partial charge is 0.345 e. The molecule has 0 spiro atoms. The van der Waals surface area contributed by atoms with E-state index in [9.17, 15) is 14.9 Å². The van der Waals surface area contributed by atoms with Crippen molar-refractivity contribution in [1.82, 2.24) is 0 Å². The predicted octanol–water partition coefficient (Wildman–Crippen LogP) is 2.96. The molecule has 21 heavy (non-hydrogen) atoms. The van der Waals surface area contributed by atoms with E-state index >= 15 is 0 Å². The van der Waals surface area contributed by atoms with E-state index in [1.165, 1.54) is 25.3 Å². The van der Waals surface area contributed by atoms with Gasteiger partial charge >= 0.3 is 5.97 Å². The summed E-state index contributed by atoms with van der Waals surface area (Å²) in [4.78, 5) is 22.2. The number of nitrogens with zero attached hydrogens (tertiary/aromatic N) is 1. The highest BCUT2D eigenvalue weighted by atomic mass is 16.6. The molecule has 0 aliphatic rings. The highest BCUT2D eigenvalue weighted by Gasteiger charge is 2.20. The minimum absolute atomic E-state index is 0.0190. The SMILES string of the molecule is COc1ccccc1COC(=O)c1ccccc1[N+](=O)[O-]. The number of nitro benzene ring substituents is 1. The van der Waals surface area contributed by atoms with Crippen LogP contribution in [0.15, 0.2) is 48.5 Å². The van der Waals surface area contributed by atoms with Crippen molar-refractivity contribution in [1.29, 1.82) is 0 Å². The van der Waals surface area contributed by atoms with Crippen LogP contribution in [0.25, 0.3) is 0 Å². The van der Waals surface area contributed by atoms with Crippen molar-refractivity contribution < 1.29 is 19.2 Å². The number of ether oxygens (including phenoxy) is 2. The predicted molar refractivity (Wildman–Crippen MR) is 75.2 cm³/mol. The largest absolute Gasteiger partial charge is 0.496 e. The van der Waals surface area contributed by atoms with E-state index in [0.717, 1.165) is 0 Å². The number of nitro groups is 1. The van der Waals surface area contributed by atoms with Crippen molar-refractivity contribution in [2.45, 2.75) is 6.61 Å². The van der Waals surface area contributed by atoms with Gasteiger partial charge in [-0.3, -0.25) is 10.1 Å². The standard InChI is InChI=1S/C15H13NO5/c1-20-14-9-5-2-6-11(14)10-21-15(17)12-7-3-4-8-13(12)16(18)19/h2-9H,10H2,1H3. The molecule has 6 heteroatoms. The number of methoxy groups -OCH3 is 1. The van der Waals surface area contributed by atoms with Gasteiger partial charge in [0.2, 0.25) is 0 Å². The molecular formula is C15H13NO5. The summed E-state index contributed by atoms with van der Waals surface area (Å²) in [6.45, 7) is -0.0190. The minimum atomic E-state index is -0.742. The van der Waals surface area contributed by atoms with E-state index in [4.69, 9.17) is 9.47 Å². The van der Waals surface area contributed by atoms with Crippen molar-refractivity contribution in [2.75, 3.05) is 7.11 Å². The molecule has 0 heterocycles. The summed E-state index contributed by atoms with van der Waals surface area (Å²) in [5.41, 5.74) is 0.340. The molecule has 0 saturated carbocycles. The van der Waals surface area contributed by atoms with Crippen LogP contribution in [0.2, 0.25) is 0 Å². The Kier molecular flexibility index (Phi) is 4.50. The van der Waals surface area contributed by atoms with Crippen molar-refractivity contribution in [3.8, 4) is 5.75 Å². The second-order valence-electron chi connectivity index (χ2n) is 4.16. The average Bonchev–Trinajstić information content (AvgIpc) is 2.52. The first-order valence-corrected chi connectivity index (χ1v) is 6.16. The zero-order valence-corrected chi connectivity index (χ0v) is 11.3. The lowest BCUT2D eigenvalue weighted by Crippen LogP contribution is -2.08. The molecule has 6 nitrogen and oxygen atoms in total. The monoisotopic (exact) mass is 287 g/mol. The fourth-order valence-electron chi connectivity index (χ4n) is 1.85. The Morgan fingerprint density at radius 3 is 2.52 bits per heavy atom. The number of esters is 1. The molecule has 2 aromatic carbocycles. The van der Waals surface area contributed by atoms with Crippen LogP contribution in [-0.2, 0) is 11.3 Å². The molecule has 2 rings (SSSR count). The van der Waals surface area contributed by atoms with Crippen molar-refractivity contribution in [3.63, 3.8) is 0 Å². The van der Waals surface area contributed by atoms with Gasteiger partial charge in [0.15, 0.2) is 0 Å². The van der Waals surface area contributed by atoms with E-state index in [2.05, 4.69) is 0 Å². The molecule has 0 bridgehead atoms. The number of para-hydroxylation sites is 2. The lowest BCUT2D eigenvalue weighted by atomic mass is 10.2. The minimum Gasteiger partial charge on any atom is -0.496 e. The number of hydrogen-bond donors (Lipinski definition) is 0. The van der Waals surface area contributed by atoms with Crippen LogP contribution < -0.4 is 4.74 Å². The summed E-state index contributed by atoms with van der Waals surface area (Å²) < 4.78 is 10.3. The van der Waals surface area contributed by atoms with Gasteiger partial charge in [-0.2, -0.15) is 0 Å². The number of carbonyl (C=O) groups excluding carboxylic acids is 1. The van der Waals surface area contributed by atoms with Crippen LogP contribution in [0.1, 0.15) is 15.9 Å². The van der Waals surface area contributed by atoms with Crippen LogP contribution in [0.4, 0.5) is 5.69 Å². The summed E-state index contributed by atoms with van der Waals surface area (Å²) in [7, 11) is 1.52. The molecule has 2 aromatic rings. The van der Waals surface area contributed by atoms with Crippen molar-refractivity contribution >= 4 is 11.7 Å². The quantitative estimate of drug-likeness (QED) is 0.480. The molecule has 108 valence electrons. The molecule has 0 saturated heterocycles. The van der Waals surface area contributed by atoms with Gasteiger partial charge in [0.05, 0.1) is 12.0 Å². The number of hydrogen-bond acceptors (Lipinski definition) is 5. The molecule has 0 amide bonds. The summed E-state index contributed by atoms with van der Waals surface area (Å²) in [6, 6.07) is 12.8. The third-order valence-electron chi connectivity index (χ3n) is 2.87. The Labute approximate surface area is 121 Å². The van der Waals surface area contributed by atoms with Gasteiger partial charge in [-0.25, -0.2) is 4.79 Å². The van der Waals surface area contributed by atoms with E-state index < -0.39 is 10.9 Å². The fourth-order valence-corrected chi connectivity index (χ4v) is 1.85. The van der Waals surface area contributed by atoms with Crippen LogP contribution in [-0.4, -0.2) is 18.0 Å². The molecule has 0 unspecified atom stereocenters. The van der Waals surface area contributed by atoms with Gasteiger partial charge < -0.3 is 9.47 Å². The van der Waals surface area contributed by atoms with E-state index in [-0.39, 0.29) is 17.9 Å². The van der Waals surface area contributed by atoms with Crippen LogP contribution in [0.3, 0.4) is 0 Å². The molecule has 0 atom stereocenters. The maximum atomic E-state index is 12.0. The van der Waals surface area contributed by atoms with Gasteiger partial charge in [0, 0.05) is 11.6 Å². The zero-order chi connectivity index (χ0) is 15.2. The molecule has 0 aromatic heterocycles. The fraction of sp³-hybridized carbons (Fsp3) is 0.133. The third-order valence-corrected chi connectivity index (χ3v) is 2.87. The van der Waals surface area contributed by atoms with Crippen LogP contribution in [0, 0.1) is 10.1 Å². The first kappa shape index (κ1) is 14.5. The second kappa shape index (κ2) is 6.51. The van der Waals surface area contributed by atoms with E-state index in [1.807, 2.05) is 0 Å².